The Balaban J connectivity index is 1.86. The summed E-state index contributed by atoms with van der Waals surface area (Å²) in [6, 6.07) is 12.6. The Hall–Kier alpha value is -2.69. The Morgan fingerprint density at radius 1 is 1.18 bits per heavy atom. The van der Waals surface area contributed by atoms with E-state index in [0.29, 0.717) is 22.9 Å². The average Bonchev–Trinajstić information content (AvgIpc) is 3.37. The highest BCUT2D eigenvalue weighted by atomic mass is 79.9. The molecule has 0 radical (unpaired) electrons. The van der Waals surface area contributed by atoms with Crippen LogP contribution in [0.1, 0.15) is 36.4 Å². The second-order valence-electron chi connectivity index (χ2n) is 7.12. The number of aromatic nitrogens is 1. The molecule has 0 saturated carbocycles. The van der Waals surface area contributed by atoms with Gasteiger partial charge in [-0.3, -0.25) is 9.10 Å². The first-order valence-electron chi connectivity index (χ1n) is 10.5. The molecular formula is C23H26BrN3O5S. The monoisotopic (exact) mass is 535 g/mol. The Labute approximate surface area is 203 Å². The molecule has 33 heavy (non-hydrogen) atoms. The zero-order chi connectivity index (χ0) is 23.6. The van der Waals surface area contributed by atoms with Crippen LogP contribution in [-0.4, -0.2) is 40.5 Å². The molecule has 0 saturated heterocycles. The molecule has 1 amide bonds. The molecule has 0 bridgehead atoms. The Morgan fingerprint density at radius 3 is 2.61 bits per heavy atom. The zero-order valence-corrected chi connectivity index (χ0v) is 20.6. The van der Waals surface area contributed by atoms with Crippen LogP contribution in [0.25, 0.3) is 0 Å². The number of halogens is 1. The summed E-state index contributed by atoms with van der Waals surface area (Å²) in [5, 5.41) is 11.7. The predicted octanol–water partition coefficient (Wildman–Crippen LogP) is 4.78. The lowest BCUT2D eigenvalue weighted by molar-refractivity contribution is 0.0990. The normalized spacial score (nSPS) is 11.7. The molecule has 0 spiro atoms. The molecule has 0 fully saturated rings. The summed E-state index contributed by atoms with van der Waals surface area (Å²) < 4.78 is 27.0. The van der Waals surface area contributed by atoms with E-state index in [-0.39, 0.29) is 12.5 Å². The number of ether oxygens (including phenoxy) is 1. The van der Waals surface area contributed by atoms with E-state index < -0.39 is 16.9 Å². The van der Waals surface area contributed by atoms with Crippen LogP contribution in [0, 0.1) is 0 Å². The van der Waals surface area contributed by atoms with Crippen LogP contribution in [0.5, 0.6) is 5.75 Å². The number of carbonyl (C=O) groups is 1. The van der Waals surface area contributed by atoms with Gasteiger partial charge in [-0.15, -0.1) is 0 Å². The van der Waals surface area contributed by atoms with Gasteiger partial charge in [-0.05, 0) is 55.3 Å². The molecule has 1 unspecified atom stereocenters. The summed E-state index contributed by atoms with van der Waals surface area (Å²) in [5.41, 5.74) is 1.25. The molecule has 176 valence electrons. The second-order valence-corrected chi connectivity index (χ2v) is 9.42. The van der Waals surface area contributed by atoms with E-state index in [2.05, 4.69) is 26.2 Å². The third kappa shape index (κ3) is 6.89. The van der Waals surface area contributed by atoms with Gasteiger partial charge in [0.05, 0.1) is 13.3 Å². The number of benzene rings is 2. The number of unbranched alkanes of at least 4 members (excludes halogenated alkanes) is 3. The van der Waals surface area contributed by atoms with Crippen molar-refractivity contribution in [3.05, 3.63) is 65.3 Å². The number of anilines is 2. The van der Waals surface area contributed by atoms with Crippen molar-refractivity contribution >= 4 is 44.2 Å². The van der Waals surface area contributed by atoms with Crippen LogP contribution in [-0.2, 0) is 11.0 Å². The minimum Gasteiger partial charge on any atom is -0.495 e. The smallest absolute Gasteiger partial charge is 0.311 e. The minimum atomic E-state index is -1.61. The van der Waals surface area contributed by atoms with Crippen molar-refractivity contribution < 1.29 is 23.3 Å². The predicted molar refractivity (Wildman–Crippen MR) is 131 cm³/mol. The zero-order valence-electron chi connectivity index (χ0n) is 18.2. The van der Waals surface area contributed by atoms with Gasteiger partial charge < -0.3 is 19.6 Å². The molecule has 3 rings (SSSR count). The first-order chi connectivity index (χ1) is 16.0. The van der Waals surface area contributed by atoms with Crippen molar-refractivity contribution in [1.29, 1.82) is 0 Å². The van der Waals surface area contributed by atoms with E-state index in [4.69, 9.17) is 14.3 Å². The van der Waals surface area contributed by atoms with Crippen LogP contribution in [0.2, 0.25) is 0 Å². The van der Waals surface area contributed by atoms with Gasteiger partial charge in [-0.25, -0.2) is 9.19 Å². The molecule has 2 aromatic carbocycles. The summed E-state index contributed by atoms with van der Waals surface area (Å²) in [6.45, 7) is 0.724. The molecule has 8 nitrogen and oxygen atoms in total. The maximum absolute atomic E-state index is 13.8. The molecule has 2 N–H and O–H groups in total. The average molecular weight is 536 g/mol. The van der Waals surface area contributed by atoms with Crippen molar-refractivity contribution in [3.63, 3.8) is 0 Å². The van der Waals surface area contributed by atoms with Gasteiger partial charge in [0.2, 0.25) is 0 Å². The first kappa shape index (κ1) is 24.9. The maximum atomic E-state index is 13.8. The SMILES string of the molecule is COc1ccc(NC(=O)c2ncco2)cc1S(=O)N(CCCCCCO)c1ccc(Br)cc1. The third-order valence-electron chi connectivity index (χ3n) is 4.82. The molecular weight excluding hydrogens is 510 g/mol. The lowest BCUT2D eigenvalue weighted by Crippen LogP contribution is -2.27. The molecule has 10 heteroatoms. The summed E-state index contributed by atoms with van der Waals surface area (Å²) in [7, 11) is -0.0922. The van der Waals surface area contributed by atoms with Crippen LogP contribution < -0.4 is 14.4 Å². The standard InChI is InChI=1S/C23H26BrN3O5S/c1-31-20-11-8-18(26-22(29)23-25-12-15-32-23)16-21(20)33(30)27(13-4-2-3-5-14-28)19-9-6-17(24)7-10-19/h6-12,15-16,28H,2-5,13-14H2,1H3,(H,26,29). The number of hydrogen-bond acceptors (Lipinski definition) is 6. The number of hydrogen-bond donors (Lipinski definition) is 2. The molecule has 0 aliphatic carbocycles. The molecule has 1 aromatic heterocycles. The van der Waals surface area contributed by atoms with E-state index in [9.17, 15) is 9.00 Å². The minimum absolute atomic E-state index is 0.0622. The number of amides is 1. The van der Waals surface area contributed by atoms with Gasteiger partial charge in [0.15, 0.2) is 11.0 Å². The number of rotatable bonds is 12. The number of aliphatic hydroxyl groups excluding tert-OH is 1. The highest BCUT2D eigenvalue weighted by Crippen LogP contribution is 2.31. The molecule has 1 atom stereocenters. The van der Waals surface area contributed by atoms with Gasteiger partial charge >= 0.3 is 5.91 Å². The summed E-state index contributed by atoms with van der Waals surface area (Å²) >= 11 is 3.44. The van der Waals surface area contributed by atoms with Crippen LogP contribution in [0.4, 0.5) is 11.4 Å². The highest BCUT2D eigenvalue weighted by Gasteiger charge is 2.21. The highest BCUT2D eigenvalue weighted by molar-refractivity contribution is 9.10. The Morgan fingerprint density at radius 2 is 1.94 bits per heavy atom. The van der Waals surface area contributed by atoms with Crippen molar-refractivity contribution in [2.24, 2.45) is 0 Å². The molecule has 1 heterocycles. The van der Waals surface area contributed by atoms with E-state index in [1.807, 2.05) is 28.6 Å². The van der Waals surface area contributed by atoms with Crippen molar-refractivity contribution in [1.82, 2.24) is 4.98 Å². The number of aliphatic hydroxyl groups is 1. The number of carbonyl (C=O) groups excluding carboxylic acids is 1. The Kier molecular flexibility index (Phi) is 9.47. The molecule has 3 aromatic rings. The second kappa shape index (κ2) is 12.5. The van der Waals surface area contributed by atoms with Crippen molar-refractivity contribution in [3.8, 4) is 5.75 Å². The molecule has 0 aliphatic rings. The van der Waals surface area contributed by atoms with Crippen molar-refractivity contribution in [2.75, 3.05) is 29.9 Å². The largest absolute Gasteiger partial charge is 0.495 e. The van der Waals surface area contributed by atoms with Crippen LogP contribution in [0.15, 0.2) is 68.7 Å². The van der Waals surface area contributed by atoms with Crippen molar-refractivity contribution in [2.45, 2.75) is 30.6 Å². The topological polar surface area (TPSA) is 105 Å². The fourth-order valence-corrected chi connectivity index (χ4v) is 4.83. The fourth-order valence-electron chi connectivity index (χ4n) is 3.17. The number of oxazole rings is 1. The number of nitrogens with zero attached hydrogens (tertiary/aromatic N) is 2. The lowest BCUT2D eigenvalue weighted by atomic mass is 10.2. The van der Waals surface area contributed by atoms with Gasteiger partial charge in [0.1, 0.15) is 16.9 Å². The van der Waals surface area contributed by atoms with E-state index in [0.717, 1.165) is 35.8 Å². The fraction of sp³-hybridized carbons (Fsp3) is 0.304. The van der Waals surface area contributed by atoms with Crippen LogP contribution >= 0.6 is 15.9 Å². The Bertz CT molecular complexity index is 1060. The lowest BCUT2D eigenvalue weighted by Gasteiger charge is -2.25. The number of nitrogens with one attached hydrogen (secondary N) is 1. The van der Waals surface area contributed by atoms with Gasteiger partial charge in [0, 0.05) is 29.0 Å². The summed E-state index contributed by atoms with van der Waals surface area (Å²) in [4.78, 5) is 16.6. The number of methoxy groups -OCH3 is 1. The quantitative estimate of drug-likeness (QED) is 0.323. The summed E-state index contributed by atoms with van der Waals surface area (Å²) in [5.74, 6) is -0.117. The third-order valence-corrected chi connectivity index (χ3v) is 6.84. The van der Waals surface area contributed by atoms with Crippen LogP contribution in [0.3, 0.4) is 0 Å². The summed E-state index contributed by atoms with van der Waals surface area (Å²) in [6.07, 6.45) is 6.09. The maximum Gasteiger partial charge on any atom is 0.311 e. The van der Waals surface area contributed by atoms with Gasteiger partial charge in [-0.2, -0.15) is 0 Å². The first-order valence-corrected chi connectivity index (χ1v) is 12.4. The van der Waals surface area contributed by atoms with E-state index in [1.165, 1.54) is 19.6 Å². The van der Waals surface area contributed by atoms with Gasteiger partial charge in [-0.1, -0.05) is 28.8 Å². The van der Waals surface area contributed by atoms with Gasteiger partial charge in [0.25, 0.3) is 5.89 Å². The van der Waals surface area contributed by atoms with E-state index in [1.54, 1.807) is 18.2 Å². The molecule has 0 aliphatic heterocycles. The van der Waals surface area contributed by atoms with E-state index >= 15 is 0 Å².